The molecule has 6 fully saturated rings. The Kier molecular flexibility index (Phi) is 21.3. The summed E-state index contributed by atoms with van der Waals surface area (Å²) in [5.74, 6) is -0.704. The van der Waals surface area contributed by atoms with Crippen molar-refractivity contribution in [1.82, 2.24) is 0 Å². The molecule has 6 aliphatic rings. The van der Waals surface area contributed by atoms with E-state index in [9.17, 15) is 80.7 Å². The molecular formula is C43H64N4O31. The number of nitro benzene ring substituents is 1. The standard InChI is InChI=1S/C43H64N4O31/c1-13-17(7-48)68-36(21(44)24(13)55)75-35-28(59)30(61)40(78-43(35)66-12-53)74-33-19(9-50)70-37(23(46)26(33)57)73-31-16(54)6-20(72-41(31)64-10-51)71-32-18(8-49)69-38(22(45)25(32)56)76-34-27(58)29(60)39(77-42(34)65-11-52)67-15-4-2-14(3-5-15)47(62)63/h2-5,10-13,16-43,48-50,54-61H,6-9,44-46H2,1H3/t13-,16+,17?,18?,19?,20-,21?,22?,23?,24+,25-,26-,27-,28-,29?,30?,31+,32-,33-,34+,35+,36-,37+,38-,39-,40-,41?,42?,43?/m1/s1. The van der Waals surface area contributed by atoms with Gasteiger partial charge in [-0.3, -0.25) is 29.2 Å². The van der Waals surface area contributed by atoms with Gasteiger partial charge in [-0.25, -0.2) is 0 Å². The van der Waals surface area contributed by atoms with Crippen LogP contribution in [0.3, 0.4) is 0 Å². The van der Waals surface area contributed by atoms with E-state index in [0.717, 1.165) is 12.1 Å². The average Bonchev–Trinajstić information content (AvgIpc) is 3.46. The number of carbonyl (C=O) groups is 3. The highest BCUT2D eigenvalue weighted by atomic mass is 16.8. The molecule has 0 aliphatic carbocycles. The third-order valence-electron chi connectivity index (χ3n) is 13.8. The second-order valence-corrected chi connectivity index (χ2v) is 18.8. The van der Waals surface area contributed by atoms with E-state index in [0.29, 0.717) is 0 Å². The van der Waals surface area contributed by atoms with Crippen LogP contribution in [0.2, 0.25) is 0 Å². The number of nitro groups is 1. The van der Waals surface area contributed by atoms with E-state index in [-0.39, 0.29) is 30.9 Å². The predicted molar refractivity (Wildman–Crippen MR) is 239 cm³/mol. The van der Waals surface area contributed by atoms with Crippen molar-refractivity contribution >= 4 is 25.1 Å². The number of nitrogens with two attached hydrogens (primary N) is 3. The second kappa shape index (κ2) is 27.1. The molecule has 442 valence electrons. The first-order chi connectivity index (χ1) is 37.2. The van der Waals surface area contributed by atoms with E-state index in [1.807, 2.05) is 0 Å². The molecule has 11 unspecified atom stereocenters. The number of ether oxygens (including phenoxy) is 15. The van der Waals surface area contributed by atoms with Crippen molar-refractivity contribution in [2.75, 3.05) is 19.8 Å². The van der Waals surface area contributed by atoms with E-state index >= 15 is 0 Å². The fourth-order valence-corrected chi connectivity index (χ4v) is 9.43. The molecule has 0 aromatic heterocycles. The molecule has 1 aromatic carbocycles. The Hall–Kier alpha value is -4.17. The highest BCUT2D eigenvalue weighted by Gasteiger charge is 2.57. The van der Waals surface area contributed by atoms with Crippen molar-refractivity contribution in [3.63, 3.8) is 0 Å². The molecule has 0 amide bonds. The van der Waals surface area contributed by atoms with Crippen molar-refractivity contribution in [2.24, 2.45) is 23.1 Å². The maximum absolute atomic E-state index is 11.7. The first-order valence-corrected chi connectivity index (χ1v) is 24.1. The molecule has 6 heterocycles. The Morgan fingerprint density at radius 3 is 1.40 bits per heavy atom. The number of hydrogen-bond donors (Lipinski definition) is 14. The van der Waals surface area contributed by atoms with Crippen LogP contribution >= 0.6 is 0 Å². The summed E-state index contributed by atoms with van der Waals surface area (Å²) >= 11 is 0. The Labute approximate surface area is 439 Å². The zero-order valence-corrected chi connectivity index (χ0v) is 40.9. The van der Waals surface area contributed by atoms with Crippen LogP contribution in [-0.2, 0) is 80.7 Å². The van der Waals surface area contributed by atoms with Crippen molar-refractivity contribution in [1.29, 1.82) is 0 Å². The minimum Gasteiger partial charge on any atom is -0.462 e. The van der Waals surface area contributed by atoms with Gasteiger partial charge in [-0.2, -0.15) is 0 Å². The number of rotatable bonds is 22. The van der Waals surface area contributed by atoms with E-state index in [4.69, 9.17) is 88.3 Å². The third kappa shape index (κ3) is 13.3. The normalized spacial score (nSPS) is 46.1. The fraction of sp³-hybridized carbons (Fsp3) is 0.791. The molecule has 0 radical (unpaired) electrons. The highest BCUT2D eigenvalue weighted by Crippen LogP contribution is 2.37. The molecule has 1 aromatic rings. The molecule has 6 aliphatic heterocycles. The summed E-state index contributed by atoms with van der Waals surface area (Å²) in [6, 6.07) is -0.0450. The van der Waals surface area contributed by atoms with Gasteiger partial charge < -0.3 is 140 Å². The summed E-state index contributed by atoms with van der Waals surface area (Å²) in [4.78, 5) is 45.1. The third-order valence-corrected chi connectivity index (χ3v) is 13.8. The Bertz CT molecular complexity index is 2090. The molecule has 0 bridgehead atoms. The zero-order chi connectivity index (χ0) is 56.9. The van der Waals surface area contributed by atoms with Crippen molar-refractivity contribution in [3.8, 4) is 5.75 Å². The summed E-state index contributed by atoms with van der Waals surface area (Å²) in [5, 5.41) is 131. The summed E-state index contributed by atoms with van der Waals surface area (Å²) in [7, 11) is 0. The van der Waals surface area contributed by atoms with Crippen molar-refractivity contribution in [3.05, 3.63) is 34.4 Å². The van der Waals surface area contributed by atoms with Crippen molar-refractivity contribution < 1.29 is 147 Å². The van der Waals surface area contributed by atoms with E-state index in [1.165, 1.54) is 12.1 Å². The summed E-state index contributed by atoms with van der Waals surface area (Å²) in [5.41, 5.74) is 18.4. The number of aliphatic hydroxyl groups excluding tert-OH is 11. The summed E-state index contributed by atoms with van der Waals surface area (Å²) in [6.45, 7) is -1.16. The number of benzene rings is 1. The van der Waals surface area contributed by atoms with Crippen LogP contribution in [0.1, 0.15) is 13.3 Å². The fourth-order valence-electron chi connectivity index (χ4n) is 9.43. The molecule has 6 saturated heterocycles. The van der Waals surface area contributed by atoms with Crippen LogP contribution in [-0.4, -0.2) is 273 Å². The van der Waals surface area contributed by atoms with Crippen LogP contribution in [0.4, 0.5) is 5.69 Å². The lowest BCUT2D eigenvalue weighted by molar-refractivity contribution is -0.396. The minimum absolute atomic E-state index is 0.0565. The molecule has 17 N–H and O–H groups in total. The Morgan fingerprint density at radius 2 is 0.923 bits per heavy atom. The number of carbonyl (C=O) groups excluding carboxylic acids is 3. The Morgan fingerprint density at radius 1 is 0.513 bits per heavy atom. The van der Waals surface area contributed by atoms with Crippen LogP contribution in [0.15, 0.2) is 24.3 Å². The molecule has 35 heteroatoms. The maximum Gasteiger partial charge on any atom is 0.295 e. The van der Waals surface area contributed by atoms with E-state index in [2.05, 4.69) is 0 Å². The van der Waals surface area contributed by atoms with Crippen molar-refractivity contribution in [2.45, 2.75) is 186 Å². The van der Waals surface area contributed by atoms with Gasteiger partial charge in [0.15, 0.2) is 43.7 Å². The van der Waals surface area contributed by atoms with Crippen LogP contribution in [0, 0.1) is 16.0 Å². The molecule has 0 spiro atoms. The summed E-state index contributed by atoms with van der Waals surface area (Å²) < 4.78 is 83.5. The lowest BCUT2D eigenvalue weighted by atomic mass is 9.90. The van der Waals surface area contributed by atoms with Gasteiger partial charge in [-0.05, 0) is 12.1 Å². The molecule has 35 nitrogen and oxygen atoms in total. The number of hydrogen-bond acceptors (Lipinski definition) is 34. The van der Waals surface area contributed by atoms with Gasteiger partial charge in [0.2, 0.25) is 25.2 Å². The first-order valence-electron chi connectivity index (χ1n) is 24.1. The van der Waals surface area contributed by atoms with Gasteiger partial charge in [0.1, 0.15) is 72.9 Å². The number of nitrogens with zero attached hydrogens (tertiary/aromatic N) is 1. The van der Waals surface area contributed by atoms with Gasteiger partial charge in [-0.1, -0.05) is 6.92 Å². The van der Waals surface area contributed by atoms with Crippen LogP contribution < -0.4 is 21.9 Å². The predicted octanol–water partition coefficient (Wildman–Crippen LogP) is -9.49. The Balaban J connectivity index is 0.955. The monoisotopic (exact) mass is 1130 g/mol. The summed E-state index contributed by atoms with van der Waals surface area (Å²) in [6.07, 6.45) is -44.2. The number of aliphatic hydroxyl groups is 11. The SMILES string of the molecule is C[C@@H]1C(CO)O[C@H](O[C@@H]2C(OC=O)O[C@@H](O[C@@H]3C(CO)O[C@@H](O[C@@H]4C(OC=O)O[C@@H](O[C@@H]5C(CO)O[C@H](O[C@@H]6C(OC=O)O[C@@H](Oc7ccc([N+](=O)[O-])cc7)C(O)[C@H]6O)C(N)[C@H]5O)C[C@@H]4O)C(N)[C@H]3O)C(O)[C@H]2O)C(N)[C@H]1O. The zero-order valence-electron chi connectivity index (χ0n) is 40.9. The van der Waals surface area contributed by atoms with Gasteiger partial charge in [0, 0.05) is 24.5 Å². The van der Waals surface area contributed by atoms with Gasteiger partial charge in [-0.15, -0.1) is 0 Å². The smallest absolute Gasteiger partial charge is 0.295 e. The lowest BCUT2D eigenvalue weighted by Gasteiger charge is -2.49. The lowest BCUT2D eigenvalue weighted by Crippen LogP contribution is -2.68. The number of non-ortho nitro benzene ring substituents is 1. The molecular weight excluding hydrogens is 1070 g/mol. The largest absolute Gasteiger partial charge is 0.462 e. The quantitative estimate of drug-likeness (QED) is 0.0222. The minimum atomic E-state index is -2.08. The highest BCUT2D eigenvalue weighted by molar-refractivity contribution is 5.38. The molecule has 78 heavy (non-hydrogen) atoms. The second-order valence-electron chi connectivity index (χ2n) is 18.8. The van der Waals surface area contributed by atoms with E-state index in [1.54, 1.807) is 6.92 Å². The first kappa shape index (κ1) is 61.4. The molecule has 29 atom stereocenters. The van der Waals surface area contributed by atoms with Gasteiger partial charge in [0.05, 0.1) is 61.2 Å². The average molecular weight is 1130 g/mol. The van der Waals surface area contributed by atoms with Crippen LogP contribution in [0.5, 0.6) is 5.75 Å². The van der Waals surface area contributed by atoms with Gasteiger partial charge in [0.25, 0.3) is 25.1 Å². The maximum atomic E-state index is 11.7. The molecule has 7 rings (SSSR count). The van der Waals surface area contributed by atoms with E-state index < -0.39 is 209 Å². The van der Waals surface area contributed by atoms with Crippen LogP contribution in [0.25, 0.3) is 0 Å². The molecule has 0 saturated carbocycles. The topological polar surface area (TPSA) is 533 Å². The van der Waals surface area contributed by atoms with Gasteiger partial charge >= 0.3 is 0 Å².